The summed E-state index contributed by atoms with van der Waals surface area (Å²) in [5.41, 5.74) is 1.98. The molecule has 1 unspecified atom stereocenters. The molecule has 0 aliphatic carbocycles. The van der Waals surface area contributed by atoms with E-state index < -0.39 is 0 Å². The molecule has 1 atom stereocenters. The molecule has 0 radical (unpaired) electrons. The molecule has 7 nitrogen and oxygen atoms in total. The largest absolute Gasteiger partial charge is 0.493 e. The topological polar surface area (TPSA) is 85.4 Å². The summed E-state index contributed by atoms with van der Waals surface area (Å²) >= 11 is 1.34. The van der Waals surface area contributed by atoms with E-state index >= 15 is 0 Å². The van der Waals surface area contributed by atoms with Gasteiger partial charge in [0.1, 0.15) is 5.82 Å². The van der Waals surface area contributed by atoms with Crippen molar-refractivity contribution >= 4 is 34.4 Å². The van der Waals surface area contributed by atoms with Crippen LogP contribution >= 0.6 is 11.8 Å². The van der Waals surface area contributed by atoms with Crippen LogP contribution in [0.25, 0.3) is 10.9 Å². The smallest absolute Gasteiger partial charge is 0.230 e. The van der Waals surface area contributed by atoms with Crippen molar-refractivity contribution in [1.82, 2.24) is 15.3 Å². The number of para-hydroxylation sites is 1. The number of thioether (sulfide) groups is 1. The highest BCUT2D eigenvalue weighted by Crippen LogP contribution is 2.28. The zero-order valence-electron chi connectivity index (χ0n) is 19.0. The van der Waals surface area contributed by atoms with Crippen molar-refractivity contribution in [2.75, 3.05) is 31.8 Å². The molecule has 32 heavy (non-hydrogen) atoms. The number of nitrogens with one attached hydrogen (secondary N) is 2. The Balaban J connectivity index is 1.69. The van der Waals surface area contributed by atoms with Gasteiger partial charge in [-0.1, -0.05) is 36.9 Å². The van der Waals surface area contributed by atoms with Crippen molar-refractivity contribution in [3.63, 3.8) is 0 Å². The Morgan fingerprint density at radius 2 is 1.88 bits per heavy atom. The number of methoxy groups -OCH3 is 2. The van der Waals surface area contributed by atoms with Crippen molar-refractivity contribution in [3.05, 3.63) is 48.0 Å². The van der Waals surface area contributed by atoms with Crippen LogP contribution in [0.2, 0.25) is 0 Å². The highest BCUT2D eigenvalue weighted by molar-refractivity contribution is 7.99. The molecular formula is C24H30N4O3S. The predicted octanol–water partition coefficient (Wildman–Crippen LogP) is 4.31. The SMILES string of the molecule is CCC(C)NC(=O)CSc1nc(NCCc2ccc(OC)c(OC)c2)c2ccccc2n1. The van der Waals surface area contributed by atoms with E-state index in [4.69, 9.17) is 9.47 Å². The van der Waals surface area contributed by atoms with E-state index in [1.54, 1.807) is 14.2 Å². The zero-order chi connectivity index (χ0) is 22.9. The first kappa shape index (κ1) is 23.7. The Morgan fingerprint density at radius 3 is 2.62 bits per heavy atom. The van der Waals surface area contributed by atoms with Gasteiger partial charge in [-0.25, -0.2) is 9.97 Å². The first-order valence-electron chi connectivity index (χ1n) is 10.7. The summed E-state index contributed by atoms with van der Waals surface area (Å²) in [7, 11) is 3.26. The van der Waals surface area contributed by atoms with Gasteiger partial charge in [0.25, 0.3) is 0 Å². The molecular weight excluding hydrogens is 424 g/mol. The fourth-order valence-corrected chi connectivity index (χ4v) is 3.83. The van der Waals surface area contributed by atoms with Crippen LogP contribution in [0.1, 0.15) is 25.8 Å². The van der Waals surface area contributed by atoms with Crippen molar-refractivity contribution in [2.24, 2.45) is 0 Å². The van der Waals surface area contributed by atoms with Crippen LogP contribution < -0.4 is 20.1 Å². The molecule has 1 heterocycles. The summed E-state index contributed by atoms with van der Waals surface area (Å²) in [6, 6.07) is 14.0. The van der Waals surface area contributed by atoms with Crippen LogP contribution in [0, 0.1) is 0 Å². The molecule has 8 heteroatoms. The number of nitrogens with zero attached hydrogens (tertiary/aromatic N) is 2. The third-order valence-electron chi connectivity index (χ3n) is 5.09. The standard InChI is InChI=1S/C24H30N4O3S/c1-5-16(2)26-22(29)15-32-24-27-19-9-7-6-8-18(19)23(28-24)25-13-12-17-10-11-20(30-3)21(14-17)31-4/h6-11,14,16H,5,12-13,15H2,1-4H3,(H,26,29)(H,25,27,28). The molecule has 0 bridgehead atoms. The number of carbonyl (C=O) groups excluding carboxylic acids is 1. The van der Waals surface area contributed by atoms with Crippen molar-refractivity contribution < 1.29 is 14.3 Å². The Kier molecular flexibility index (Phi) is 8.56. The van der Waals surface area contributed by atoms with Crippen LogP contribution in [0.5, 0.6) is 11.5 Å². The van der Waals surface area contributed by atoms with Crippen LogP contribution in [0.4, 0.5) is 5.82 Å². The van der Waals surface area contributed by atoms with Gasteiger partial charge in [-0.3, -0.25) is 4.79 Å². The first-order valence-corrected chi connectivity index (χ1v) is 11.7. The van der Waals surface area contributed by atoms with Crippen molar-refractivity contribution in [2.45, 2.75) is 37.9 Å². The van der Waals surface area contributed by atoms with E-state index in [2.05, 4.69) is 20.6 Å². The summed E-state index contributed by atoms with van der Waals surface area (Å²) in [4.78, 5) is 21.4. The average Bonchev–Trinajstić information content (AvgIpc) is 2.82. The summed E-state index contributed by atoms with van der Waals surface area (Å²) < 4.78 is 10.7. The minimum Gasteiger partial charge on any atom is -0.493 e. The van der Waals surface area contributed by atoms with Gasteiger partial charge in [-0.15, -0.1) is 0 Å². The normalized spacial score (nSPS) is 11.8. The van der Waals surface area contributed by atoms with Gasteiger partial charge in [0.15, 0.2) is 16.7 Å². The number of rotatable bonds is 11. The molecule has 1 aromatic heterocycles. The average molecular weight is 455 g/mol. The van der Waals surface area contributed by atoms with Gasteiger partial charge in [0, 0.05) is 18.0 Å². The Bertz CT molecular complexity index is 1060. The molecule has 0 aliphatic heterocycles. The van der Waals surface area contributed by atoms with E-state index in [0.29, 0.717) is 23.2 Å². The second-order valence-corrected chi connectivity index (χ2v) is 8.35. The highest BCUT2D eigenvalue weighted by Gasteiger charge is 2.12. The number of hydrogen-bond acceptors (Lipinski definition) is 7. The minimum atomic E-state index is -0.0101. The summed E-state index contributed by atoms with van der Waals surface area (Å²) in [6.07, 6.45) is 1.69. The lowest BCUT2D eigenvalue weighted by atomic mass is 10.1. The monoisotopic (exact) mass is 454 g/mol. The van der Waals surface area contributed by atoms with E-state index in [9.17, 15) is 4.79 Å². The van der Waals surface area contributed by atoms with Crippen molar-refractivity contribution in [3.8, 4) is 11.5 Å². The van der Waals surface area contributed by atoms with E-state index in [0.717, 1.165) is 35.1 Å². The second-order valence-electron chi connectivity index (χ2n) is 7.40. The molecule has 3 aromatic rings. The molecule has 1 amide bonds. The Labute approximate surface area is 193 Å². The molecule has 2 N–H and O–H groups in total. The van der Waals surface area contributed by atoms with Crippen LogP contribution in [-0.2, 0) is 11.2 Å². The Morgan fingerprint density at radius 1 is 1.09 bits per heavy atom. The van der Waals surface area contributed by atoms with Gasteiger partial charge in [-0.05, 0) is 49.6 Å². The summed E-state index contributed by atoms with van der Waals surface area (Å²) in [5.74, 6) is 2.47. The van der Waals surface area contributed by atoms with E-state index in [1.165, 1.54) is 11.8 Å². The molecule has 3 rings (SSSR count). The number of anilines is 1. The van der Waals surface area contributed by atoms with E-state index in [1.807, 2.05) is 56.3 Å². The number of hydrogen-bond donors (Lipinski definition) is 2. The number of benzene rings is 2. The molecule has 170 valence electrons. The lowest BCUT2D eigenvalue weighted by Crippen LogP contribution is -2.33. The van der Waals surface area contributed by atoms with Gasteiger partial charge < -0.3 is 20.1 Å². The third kappa shape index (κ3) is 6.26. The van der Waals surface area contributed by atoms with Gasteiger partial charge in [-0.2, -0.15) is 0 Å². The van der Waals surface area contributed by atoms with Gasteiger partial charge in [0.2, 0.25) is 5.91 Å². The highest BCUT2D eigenvalue weighted by atomic mass is 32.2. The summed E-state index contributed by atoms with van der Waals surface area (Å²) in [5, 5.41) is 7.94. The fraction of sp³-hybridized carbons (Fsp3) is 0.375. The number of carbonyl (C=O) groups is 1. The van der Waals surface area contributed by atoms with Crippen LogP contribution in [0.15, 0.2) is 47.6 Å². The third-order valence-corrected chi connectivity index (χ3v) is 5.94. The van der Waals surface area contributed by atoms with Gasteiger partial charge >= 0.3 is 0 Å². The quantitative estimate of drug-likeness (QED) is 0.330. The molecule has 0 saturated heterocycles. The van der Waals surface area contributed by atoms with E-state index in [-0.39, 0.29) is 17.7 Å². The number of fused-ring (bicyclic) bond motifs is 1. The predicted molar refractivity (Wildman–Crippen MR) is 130 cm³/mol. The zero-order valence-corrected chi connectivity index (χ0v) is 19.8. The lowest BCUT2D eigenvalue weighted by Gasteiger charge is -2.13. The Hall–Kier alpha value is -3.00. The fourth-order valence-electron chi connectivity index (χ4n) is 3.16. The second kappa shape index (κ2) is 11.6. The number of ether oxygens (including phenoxy) is 2. The molecule has 0 fully saturated rings. The molecule has 0 aliphatic rings. The molecule has 0 spiro atoms. The lowest BCUT2D eigenvalue weighted by molar-refractivity contribution is -0.119. The maximum atomic E-state index is 12.1. The number of amides is 1. The van der Waals surface area contributed by atoms with Gasteiger partial charge in [0.05, 0.1) is 25.5 Å². The molecule has 2 aromatic carbocycles. The minimum absolute atomic E-state index is 0.0101. The van der Waals surface area contributed by atoms with Crippen LogP contribution in [0.3, 0.4) is 0 Å². The molecule has 0 saturated carbocycles. The van der Waals surface area contributed by atoms with Crippen LogP contribution in [-0.4, -0.2) is 48.4 Å². The van der Waals surface area contributed by atoms with Crippen molar-refractivity contribution in [1.29, 1.82) is 0 Å². The maximum Gasteiger partial charge on any atom is 0.230 e. The number of aromatic nitrogens is 2. The first-order chi connectivity index (χ1) is 15.5. The summed E-state index contributed by atoms with van der Waals surface area (Å²) in [6.45, 7) is 4.73. The maximum absolute atomic E-state index is 12.1.